The van der Waals surface area contributed by atoms with Crippen LogP contribution in [0, 0.1) is 12.8 Å². The van der Waals surface area contributed by atoms with Gasteiger partial charge >= 0.3 is 0 Å². The Morgan fingerprint density at radius 2 is 2.04 bits per heavy atom. The summed E-state index contributed by atoms with van der Waals surface area (Å²) in [7, 11) is 1.69. The molecule has 0 saturated carbocycles. The molecule has 0 unspecified atom stereocenters. The van der Waals surface area contributed by atoms with Crippen LogP contribution in [0.3, 0.4) is 0 Å². The maximum absolute atomic E-state index is 12.9. The third-order valence-corrected chi connectivity index (χ3v) is 5.68. The van der Waals surface area contributed by atoms with Gasteiger partial charge in [0.2, 0.25) is 5.91 Å². The highest BCUT2D eigenvalue weighted by Crippen LogP contribution is 2.29. The Hall–Kier alpha value is -2.34. The van der Waals surface area contributed by atoms with Gasteiger partial charge in [0, 0.05) is 38.3 Å². The number of carbonyl (C=O) groups excluding carboxylic acids is 1. The second-order valence-electron chi connectivity index (χ2n) is 7.80. The zero-order valence-corrected chi connectivity index (χ0v) is 16.1. The summed E-state index contributed by atoms with van der Waals surface area (Å²) in [4.78, 5) is 17.4. The minimum atomic E-state index is 0.159. The Morgan fingerprint density at radius 3 is 2.74 bits per heavy atom. The van der Waals surface area contributed by atoms with Gasteiger partial charge in [0.1, 0.15) is 11.5 Å². The molecule has 1 amide bonds. The Kier molecular flexibility index (Phi) is 5.16. The lowest BCUT2D eigenvalue weighted by Gasteiger charge is -2.36. The largest absolute Gasteiger partial charge is 0.497 e. The van der Waals surface area contributed by atoms with Gasteiger partial charge in [-0.2, -0.15) is 0 Å². The molecule has 4 heterocycles. The summed E-state index contributed by atoms with van der Waals surface area (Å²) in [6.07, 6.45) is 2.60. The first-order chi connectivity index (χ1) is 13.1. The van der Waals surface area contributed by atoms with Crippen LogP contribution in [-0.2, 0) is 17.8 Å². The van der Waals surface area contributed by atoms with E-state index in [1.807, 2.05) is 25.1 Å². The molecule has 6 nitrogen and oxygen atoms in total. The number of ether oxygens (including phenoxy) is 1. The Morgan fingerprint density at radius 1 is 1.22 bits per heavy atom. The van der Waals surface area contributed by atoms with E-state index in [1.54, 1.807) is 7.11 Å². The molecule has 1 aromatic heterocycles. The third-order valence-electron chi connectivity index (χ3n) is 5.68. The Bertz CT molecular complexity index is 786. The first kappa shape index (κ1) is 18.0. The minimum Gasteiger partial charge on any atom is -0.497 e. The fraction of sp³-hybridized carbons (Fsp3) is 0.524. The number of carbonyl (C=O) groups is 1. The summed E-state index contributed by atoms with van der Waals surface area (Å²) in [6, 6.07) is 10.4. The normalized spacial score (nSPS) is 22.7. The zero-order valence-electron chi connectivity index (χ0n) is 16.1. The fourth-order valence-electron chi connectivity index (χ4n) is 4.35. The van der Waals surface area contributed by atoms with Crippen molar-refractivity contribution in [2.24, 2.45) is 5.92 Å². The van der Waals surface area contributed by atoms with Crippen LogP contribution in [0.25, 0.3) is 0 Å². The van der Waals surface area contributed by atoms with Crippen molar-refractivity contribution in [3.05, 3.63) is 47.3 Å². The van der Waals surface area contributed by atoms with Crippen molar-refractivity contribution >= 4 is 5.91 Å². The van der Waals surface area contributed by atoms with Crippen LogP contribution in [0.2, 0.25) is 0 Å². The van der Waals surface area contributed by atoms with Gasteiger partial charge in [-0.15, -0.1) is 0 Å². The molecule has 3 saturated heterocycles. The lowest BCUT2D eigenvalue weighted by atomic mass is 9.94. The third kappa shape index (κ3) is 4.16. The molecule has 2 aromatic rings. The average molecular weight is 369 g/mol. The van der Waals surface area contributed by atoms with Gasteiger partial charge in [-0.25, -0.2) is 0 Å². The molecule has 1 aromatic carbocycles. The number of aromatic nitrogens is 1. The molecule has 3 aliphatic heterocycles. The quantitative estimate of drug-likeness (QED) is 0.811. The highest BCUT2D eigenvalue weighted by atomic mass is 16.5. The number of methoxy groups -OCH3 is 1. The van der Waals surface area contributed by atoms with Crippen LogP contribution < -0.4 is 4.74 Å². The Balaban J connectivity index is 1.41. The van der Waals surface area contributed by atoms with Crippen molar-refractivity contribution in [3.8, 4) is 5.75 Å². The first-order valence-electron chi connectivity index (χ1n) is 9.67. The van der Waals surface area contributed by atoms with Crippen molar-refractivity contribution in [2.45, 2.75) is 38.8 Å². The number of nitrogens with zero attached hydrogens (tertiary/aromatic N) is 3. The van der Waals surface area contributed by atoms with E-state index >= 15 is 0 Å². The van der Waals surface area contributed by atoms with E-state index in [-0.39, 0.29) is 5.91 Å². The minimum absolute atomic E-state index is 0.159. The highest BCUT2D eigenvalue weighted by molar-refractivity contribution is 5.78. The summed E-state index contributed by atoms with van der Waals surface area (Å²) in [5, 5.41) is 3.89. The molecule has 0 N–H and O–H groups in total. The van der Waals surface area contributed by atoms with Crippen molar-refractivity contribution in [3.63, 3.8) is 0 Å². The molecule has 0 aliphatic carbocycles. The molecular formula is C21H27N3O3. The summed E-state index contributed by atoms with van der Waals surface area (Å²) in [6.45, 7) is 5.63. The number of benzene rings is 1. The zero-order chi connectivity index (χ0) is 18.8. The number of rotatable bonds is 5. The maximum Gasteiger partial charge on any atom is 0.230 e. The number of amides is 1. The number of piperidine rings is 1. The van der Waals surface area contributed by atoms with Crippen LogP contribution in [0.15, 0.2) is 34.9 Å². The predicted octanol–water partition coefficient (Wildman–Crippen LogP) is 2.66. The van der Waals surface area contributed by atoms with Crippen molar-refractivity contribution in [1.82, 2.24) is 15.0 Å². The van der Waals surface area contributed by atoms with Crippen molar-refractivity contribution in [2.75, 3.05) is 26.7 Å². The van der Waals surface area contributed by atoms with Crippen LogP contribution in [-0.4, -0.2) is 53.6 Å². The smallest absolute Gasteiger partial charge is 0.230 e. The number of fused-ring (bicyclic) bond motifs is 4. The van der Waals surface area contributed by atoms with Crippen LogP contribution >= 0.6 is 0 Å². The van der Waals surface area contributed by atoms with E-state index in [0.717, 1.165) is 44.0 Å². The summed E-state index contributed by atoms with van der Waals surface area (Å²) in [5.41, 5.74) is 2.10. The molecule has 144 valence electrons. The molecule has 2 bridgehead atoms. The molecule has 2 atom stereocenters. The summed E-state index contributed by atoms with van der Waals surface area (Å²) < 4.78 is 10.5. The molecular weight excluding hydrogens is 342 g/mol. The van der Waals surface area contributed by atoms with Crippen LogP contribution in [0.1, 0.15) is 29.9 Å². The first-order valence-corrected chi connectivity index (χ1v) is 9.67. The van der Waals surface area contributed by atoms with Gasteiger partial charge in [-0.3, -0.25) is 9.69 Å². The van der Waals surface area contributed by atoms with E-state index in [2.05, 4.69) is 27.1 Å². The van der Waals surface area contributed by atoms with Gasteiger partial charge in [0.05, 0.1) is 19.2 Å². The molecule has 5 rings (SSSR count). The van der Waals surface area contributed by atoms with Gasteiger partial charge in [-0.1, -0.05) is 17.3 Å². The molecule has 6 heteroatoms. The predicted molar refractivity (Wildman–Crippen MR) is 101 cm³/mol. The summed E-state index contributed by atoms with van der Waals surface area (Å²) >= 11 is 0. The summed E-state index contributed by atoms with van der Waals surface area (Å²) in [5.74, 6) is 2.25. The monoisotopic (exact) mass is 369 g/mol. The molecule has 27 heavy (non-hydrogen) atoms. The number of hydrogen-bond acceptors (Lipinski definition) is 5. The van der Waals surface area contributed by atoms with Gasteiger partial charge in [0.25, 0.3) is 0 Å². The molecule has 0 radical (unpaired) electrons. The van der Waals surface area contributed by atoms with Crippen molar-refractivity contribution < 1.29 is 14.1 Å². The molecule has 3 aliphatic rings. The van der Waals surface area contributed by atoms with Gasteiger partial charge in [-0.05, 0) is 43.4 Å². The van der Waals surface area contributed by atoms with Crippen LogP contribution in [0.4, 0.5) is 0 Å². The van der Waals surface area contributed by atoms with E-state index in [1.165, 1.54) is 12.0 Å². The van der Waals surface area contributed by atoms with Crippen LogP contribution in [0.5, 0.6) is 5.75 Å². The van der Waals surface area contributed by atoms with Crippen molar-refractivity contribution in [1.29, 1.82) is 0 Å². The average Bonchev–Trinajstić information content (AvgIpc) is 2.88. The second kappa shape index (κ2) is 7.72. The second-order valence-corrected chi connectivity index (χ2v) is 7.80. The van der Waals surface area contributed by atoms with E-state index in [9.17, 15) is 4.79 Å². The standard InChI is InChI=1S/C21H27N3O3/c1-15-9-20(27-22-15)10-21(25)24-13-17-3-6-18(24)14-23(12-17)11-16-4-7-19(26-2)8-5-16/h4-5,7-9,17-18H,3,6,10-14H2,1-2H3/t17-,18+/m0/s1. The van der Waals surface area contributed by atoms with Gasteiger partial charge < -0.3 is 14.2 Å². The highest BCUT2D eigenvalue weighted by Gasteiger charge is 2.37. The van der Waals surface area contributed by atoms with E-state index < -0.39 is 0 Å². The van der Waals surface area contributed by atoms with Gasteiger partial charge in [0.15, 0.2) is 0 Å². The SMILES string of the molecule is COc1ccc(CN2C[C@@H]3CC[C@H](C2)N(C(=O)Cc2cc(C)no2)C3)cc1. The number of aryl methyl sites for hydroxylation is 1. The fourth-order valence-corrected chi connectivity index (χ4v) is 4.35. The lowest BCUT2D eigenvalue weighted by Crippen LogP contribution is -2.47. The topological polar surface area (TPSA) is 58.8 Å². The molecule has 3 fully saturated rings. The Labute approximate surface area is 160 Å². The molecule has 0 spiro atoms. The lowest BCUT2D eigenvalue weighted by molar-refractivity contribution is -0.134. The maximum atomic E-state index is 12.9. The number of hydrogen-bond donors (Lipinski definition) is 0. The van der Waals surface area contributed by atoms with E-state index in [0.29, 0.717) is 24.1 Å². The van der Waals surface area contributed by atoms with E-state index in [4.69, 9.17) is 9.26 Å².